The minimum atomic E-state index is -0.296. The van der Waals surface area contributed by atoms with Crippen LogP contribution >= 0.6 is 24.8 Å². The van der Waals surface area contributed by atoms with Crippen molar-refractivity contribution in [3.05, 3.63) is 29.8 Å². The number of benzene rings is 1. The second kappa shape index (κ2) is 10.7. The Balaban J connectivity index is 0.00000160. The van der Waals surface area contributed by atoms with E-state index in [2.05, 4.69) is 10.2 Å². The van der Waals surface area contributed by atoms with E-state index in [0.717, 1.165) is 50.2 Å². The van der Waals surface area contributed by atoms with Crippen LogP contribution in [0.3, 0.4) is 0 Å². The zero-order chi connectivity index (χ0) is 19.6. The molecule has 3 saturated heterocycles. The lowest BCUT2D eigenvalue weighted by Gasteiger charge is -2.35. The van der Waals surface area contributed by atoms with Crippen LogP contribution in [0.1, 0.15) is 24.8 Å². The molecule has 0 bridgehead atoms. The van der Waals surface area contributed by atoms with E-state index in [9.17, 15) is 9.59 Å². The van der Waals surface area contributed by atoms with Crippen LogP contribution in [-0.4, -0.2) is 74.2 Å². The van der Waals surface area contributed by atoms with Gasteiger partial charge in [-0.1, -0.05) is 12.1 Å². The van der Waals surface area contributed by atoms with Crippen molar-refractivity contribution in [2.24, 2.45) is 5.41 Å². The lowest BCUT2D eigenvalue weighted by atomic mass is 9.76. The summed E-state index contributed by atoms with van der Waals surface area (Å²) in [7, 11) is 1.65. The Bertz CT molecular complexity index is 725. The highest BCUT2D eigenvalue weighted by atomic mass is 35.5. The Labute approximate surface area is 190 Å². The summed E-state index contributed by atoms with van der Waals surface area (Å²) >= 11 is 0. The first-order valence-corrected chi connectivity index (χ1v) is 10.1. The molecule has 1 unspecified atom stereocenters. The smallest absolute Gasteiger partial charge is 0.312 e. The second-order valence-electron chi connectivity index (χ2n) is 8.16. The number of halogens is 2. The molecule has 3 aliphatic heterocycles. The summed E-state index contributed by atoms with van der Waals surface area (Å²) in [5.74, 6) is 0.906. The van der Waals surface area contributed by atoms with Gasteiger partial charge in [0.2, 0.25) is 5.91 Å². The first-order chi connectivity index (χ1) is 13.6. The fourth-order valence-corrected chi connectivity index (χ4v) is 4.57. The van der Waals surface area contributed by atoms with Crippen LogP contribution in [0, 0.1) is 5.41 Å². The molecule has 0 saturated carbocycles. The highest BCUT2D eigenvalue weighted by molar-refractivity contribution is 5.85. The summed E-state index contributed by atoms with van der Waals surface area (Å²) in [6.07, 6.45) is 2.41. The fraction of sp³-hybridized carbons (Fsp3) is 0.619. The highest BCUT2D eigenvalue weighted by Gasteiger charge is 2.49. The molecular weight excluding hydrogens is 429 g/mol. The van der Waals surface area contributed by atoms with E-state index in [4.69, 9.17) is 9.47 Å². The first-order valence-electron chi connectivity index (χ1n) is 10.1. The Morgan fingerprint density at radius 3 is 2.47 bits per heavy atom. The molecule has 3 aliphatic rings. The summed E-state index contributed by atoms with van der Waals surface area (Å²) < 4.78 is 10.9. The number of carbonyl (C=O) groups is 2. The van der Waals surface area contributed by atoms with Crippen LogP contribution in [0.4, 0.5) is 0 Å². The molecule has 1 atom stereocenters. The maximum Gasteiger partial charge on any atom is 0.312 e. The number of methoxy groups -OCH3 is 1. The zero-order valence-corrected chi connectivity index (χ0v) is 18.9. The largest absolute Gasteiger partial charge is 0.497 e. The molecule has 1 N–H and O–H groups in total. The summed E-state index contributed by atoms with van der Waals surface area (Å²) in [6.45, 7) is 4.92. The molecule has 7 nitrogen and oxygen atoms in total. The molecule has 3 heterocycles. The monoisotopic (exact) mass is 459 g/mol. The van der Waals surface area contributed by atoms with Gasteiger partial charge in [0.25, 0.3) is 0 Å². The summed E-state index contributed by atoms with van der Waals surface area (Å²) in [5.41, 5.74) is 0.802. The number of piperazine rings is 1. The molecule has 0 aromatic heterocycles. The van der Waals surface area contributed by atoms with E-state index < -0.39 is 0 Å². The van der Waals surface area contributed by atoms with Crippen molar-refractivity contribution in [2.45, 2.75) is 31.9 Å². The topological polar surface area (TPSA) is 71.1 Å². The molecule has 9 heteroatoms. The molecule has 0 aliphatic carbocycles. The minimum Gasteiger partial charge on any atom is -0.497 e. The van der Waals surface area contributed by atoms with Crippen LogP contribution < -0.4 is 10.1 Å². The number of nitrogens with one attached hydrogen (secondary N) is 1. The van der Waals surface area contributed by atoms with Gasteiger partial charge in [-0.05, 0) is 43.6 Å². The summed E-state index contributed by atoms with van der Waals surface area (Å²) in [6, 6.07) is 7.83. The van der Waals surface area contributed by atoms with Crippen molar-refractivity contribution in [1.29, 1.82) is 0 Å². The number of hydrogen-bond donors (Lipinski definition) is 1. The number of carbonyl (C=O) groups excluding carboxylic acids is 2. The van der Waals surface area contributed by atoms with Gasteiger partial charge in [0.15, 0.2) is 0 Å². The molecule has 168 valence electrons. The molecular formula is C21H31Cl2N3O4. The zero-order valence-electron chi connectivity index (χ0n) is 17.3. The fourth-order valence-electron chi connectivity index (χ4n) is 4.57. The average Bonchev–Trinajstić information content (AvgIpc) is 2.99. The summed E-state index contributed by atoms with van der Waals surface area (Å²) in [5, 5.41) is 3.31. The lowest BCUT2D eigenvalue weighted by molar-refractivity contribution is -0.150. The van der Waals surface area contributed by atoms with Gasteiger partial charge in [0.1, 0.15) is 11.9 Å². The van der Waals surface area contributed by atoms with E-state index >= 15 is 0 Å². The van der Waals surface area contributed by atoms with Crippen molar-refractivity contribution >= 4 is 36.7 Å². The minimum absolute atomic E-state index is 0. The normalized spacial score (nSPS) is 23.5. The maximum absolute atomic E-state index is 12.6. The van der Waals surface area contributed by atoms with E-state index in [1.807, 2.05) is 29.2 Å². The van der Waals surface area contributed by atoms with E-state index in [1.165, 1.54) is 0 Å². The van der Waals surface area contributed by atoms with Crippen LogP contribution in [-0.2, 0) is 20.9 Å². The quantitative estimate of drug-likeness (QED) is 0.677. The van der Waals surface area contributed by atoms with Crippen LogP contribution in [0.25, 0.3) is 0 Å². The van der Waals surface area contributed by atoms with Gasteiger partial charge < -0.3 is 19.7 Å². The highest BCUT2D eigenvalue weighted by Crippen LogP contribution is 2.41. The van der Waals surface area contributed by atoms with Crippen molar-refractivity contribution in [1.82, 2.24) is 15.1 Å². The average molecular weight is 460 g/mol. The molecule has 1 amide bonds. The van der Waals surface area contributed by atoms with Crippen molar-refractivity contribution in [2.75, 3.05) is 46.4 Å². The molecule has 0 radical (unpaired) electrons. The van der Waals surface area contributed by atoms with E-state index in [-0.39, 0.29) is 48.2 Å². The Hall–Kier alpha value is -1.54. The number of nitrogens with zero attached hydrogens (tertiary/aromatic N) is 2. The predicted octanol–water partition coefficient (Wildman–Crippen LogP) is 1.87. The molecule has 1 aromatic carbocycles. The van der Waals surface area contributed by atoms with Gasteiger partial charge >= 0.3 is 5.97 Å². The second-order valence-corrected chi connectivity index (χ2v) is 8.16. The third kappa shape index (κ3) is 5.38. The molecule has 3 fully saturated rings. The molecule has 30 heavy (non-hydrogen) atoms. The maximum atomic E-state index is 12.6. The van der Waals surface area contributed by atoms with Crippen molar-refractivity contribution < 1.29 is 19.1 Å². The SMILES string of the molecule is COc1ccc(CN2CCN(CC3CC4(CCNCC4)C(=O)O3)CC2=O)cc1.Cl.Cl. The number of cyclic esters (lactones) is 1. The first kappa shape index (κ1) is 24.7. The van der Waals surface area contributed by atoms with E-state index in [1.54, 1.807) is 7.11 Å². The number of esters is 1. The molecule has 1 spiro atoms. The van der Waals surface area contributed by atoms with Crippen LogP contribution in [0.5, 0.6) is 5.75 Å². The number of rotatable bonds is 5. The van der Waals surface area contributed by atoms with Gasteiger partial charge in [0, 0.05) is 32.6 Å². The van der Waals surface area contributed by atoms with Crippen molar-refractivity contribution in [3.63, 3.8) is 0 Å². The van der Waals surface area contributed by atoms with Gasteiger partial charge in [-0.3, -0.25) is 14.5 Å². The number of ether oxygens (including phenoxy) is 2. The number of amides is 1. The van der Waals surface area contributed by atoms with Gasteiger partial charge in [-0.15, -0.1) is 24.8 Å². The Kier molecular flexibility index (Phi) is 8.79. The molecule has 4 rings (SSSR count). The Morgan fingerprint density at radius 1 is 1.13 bits per heavy atom. The summed E-state index contributed by atoms with van der Waals surface area (Å²) in [4.78, 5) is 29.1. The van der Waals surface area contributed by atoms with Gasteiger partial charge in [-0.25, -0.2) is 0 Å². The van der Waals surface area contributed by atoms with Crippen LogP contribution in [0.15, 0.2) is 24.3 Å². The van der Waals surface area contributed by atoms with Crippen molar-refractivity contribution in [3.8, 4) is 5.75 Å². The lowest BCUT2D eigenvalue weighted by Crippen LogP contribution is -2.51. The van der Waals surface area contributed by atoms with E-state index in [0.29, 0.717) is 26.2 Å². The van der Waals surface area contributed by atoms with Gasteiger partial charge in [-0.2, -0.15) is 0 Å². The third-order valence-corrected chi connectivity index (χ3v) is 6.28. The van der Waals surface area contributed by atoms with Crippen LogP contribution in [0.2, 0.25) is 0 Å². The van der Waals surface area contributed by atoms with Gasteiger partial charge in [0.05, 0.1) is 19.1 Å². The third-order valence-electron chi connectivity index (χ3n) is 6.28. The predicted molar refractivity (Wildman–Crippen MR) is 118 cm³/mol. The molecule has 1 aromatic rings. The standard InChI is InChI=1S/C21H29N3O4.2ClH/c1-27-17-4-2-16(3-5-17)13-24-11-10-23(15-19(24)25)14-18-12-21(20(26)28-18)6-8-22-9-7-21;;/h2-5,18,22H,6-15H2,1H3;2*1H. The number of piperidine rings is 1. The number of hydrogen-bond acceptors (Lipinski definition) is 6. The Morgan fingerprint density at radius 2 is 1.83 bits per heavy atom.